The summed E-state index contributed by atoms with van der Waals surface area (Å²) in [6.45, 7) is 4.46. The number of nitrogens with zero attached hydrogens (tertiary/aromatic N) is 1. The Morgan fingerprint density at radius 3 is 2.59 bits per heavy atom. The second-order valence-corrected chi connectivity index (χ2v) is 5.48. The van der Waals surface area contributed by atoms with Crippen LogP contribution in [0.15, 0.2) is 24.3 Å². The van der Waals surface area contributed by atoms with Gasteiger partial charge in [0.2, 0.25) is 0 Å². The van der Waals surface area contributed by atoms with E-state index in [1.165, 1.54) is 18.4 Å². The summed E-state index contributed by atoms with van der Waals surface area (Å²) in [7, 11) is 4.25. The van der Waals surface area contributed by atoms with Crippen LogP contribution in [0, 0.1) is 6.92 Å². The predicted octanol–water partition coefficient (Wildman–Crippen LogP) is 2.39. The molecular formula is C15H24N2. The van der Waals surface area contributed by atoms with E-state index in [1.54, 1.807) is 5.56 Å². The topological polar surface area (TPSA) is 15.3 Å². The monoisotopic (exact) mass is 232 g/mol. The van der Waals surface area contributed by atoms with Gasteiger partial charge in [0, 0.05) is 19.1 Å². The number of hydrogen-bond acceptors (Lipinski definition) is 2. The van der Waals surface area contributed by atoms with Crippen molar-refractivity contribution in [3.8, 4) is 0 Å². The standard InChI is InChI=1S/C15H24N2/c1-12-6-4-5-7-15(12)13-10-14(11-13)16-8-9-17(2)3/h4-7,13-14,16H,8-11H2,1-3H3. The van der Waals surface area contributed by atoms with Gasteiger partial charge in [-0.15, -0.1) is 0 Å². The Labute approximate surface area is 105 Å². The average Bonchev–Trinajstić information content (AvgIpc) is 2.23. The quantitative estimate of drug-likeness (QED) is 0.838. The van der Waals surface area contributed by atoms with Crippen LogP contribution >= 0.6 is 0 Å². The first-order valence-electron chi connectivity index (χ1n) is 6.60. The molecule has 0 aliphatic heterocycles. The van der Waals surface area contributed by atoms with E-state index < -0.39 is 0 Å². The molecule has 0 amide bonds. The van der Waals surface area contributed by atoms with E-state index in [-0.39, 0.29) is 0 Å². The van der Waals surface area contributed by atoms with E-state index in [2.05, 4.69) is 55.5 Å². The highest BCUT2D eigenvalue weighted by molar-refractivity contribution is 5.31. The molecule has 1 aromatic rings. The van der Waals surface area contributed by atoms with Crippen molar-refractivity contribution in [2.45, 2.75) is 31.7 Å². The van der Waals surface area contributed by atoms with E-state index in [4.69, 9.17) is 0 Å². The molecule has 0 spiro atoms. The first kappa shape index (κ1) is 12.6. The Kier molecular flexibility index (Phi) is 4.19. The lowest BCUT2D eigenvalue weighted by molar-refractivity contribution is 0.277. The maximum atomic E-state index is 3.63. The molecule has 0 radical (unpaired) electrons. The third kappa shape index (κ3) is 3.30. The summed E-state index contributed by atoms with van der Waals surface area (Å²) in [6, 6.07) is 9.54. The summed E-state index contributed by atoms with van der Waals surface area (Å²) in [6.07, 6.45) is 2.61. The van der Waals surface area contributed by atoms with Crippen LogP contribution in [0.2, 0.25) is 0 Å². The van der Waals surface area contributed by atoms with Gasteiger partial charge >= 0.3 is 0 Å². The predicted molar refractivity (Wildman–Crippen MR) is 73.5 cm³/mol. The fourth-order valence-electron chi connectivity index (χ4n) is 2.58. The van der Waals surface area contributed by atoms with Crippen LogP contribution in [0.4, 0.5) is 0 Å². The maximum absolute atomic E-state index is 3.63. The number of aryl methyl sites for hydroxylation is 1. The minimum Gasteiger partial charge on any atom is -0.313 e. The van der Waals surface area contributed by atoms with Crippen molar-refractivity contribution in [2.24, 2.45) is 0 Å². The van der Waals surface area contributed by atoms with Gasteiger partial charge in [0.25, 0.3) is 0 Å². The van der Waals surface area contributed by atoms with E-state index in [0.29, 0.717) is 0 Å². The molecule has 1 aliphatic rings. The largest absolute Gasteiger partial charge is 0.313 e. The van der Waals surface area contributed by atoms with E-state index in [0.717, 1.165) is 25.0 Å². The molecule has 1 saturated carbocycles. The molecule has 0 saturated heterocycles. The fraction of sp³-hybridized carbons (Fsp3) is 0.600. The zero-order chi connectivity index (χ0) is 12.3. The normalized spacial score (nSPS) is 23.8. The summed E-state index contributed by atoms with van der Waals surface area (Å²) < 4.78 is 0. The maximum Gasteiger partial charge on any atom is 0.0101 e. The minimum absolute atomic E-state index is 0.736. The van der Waals surface area contributed by atoms with Gasteiger partial charge in [0.15, 0.2) is 0 Å². The van der Waals surface area contributed by atoms with Gasteiger partial charge in [-0.1, -0.05) is 24.3 Å². The van der Waals surface area contributed by atoms with Gasteiger partial charge in [0.05, 0.1) is 0 Å². The fourth-order valence-corrected chi connectivity index (χ4v) is 2.58. The summed E-state index contributed by atoms with van der Waals surface area (Å²) in [5, 5.41) is 3.63. The number of nitrogens with one attached hydrogen (secondary N) is 1. The molecule has 1 N–H and O–H groups in total. The molecule has 0 atom stereocenters. The van der Waals surface area contributed by atoms with Crippen LogP contribution in [-0.4, -0.2) is 38.1 Å². The van der Waals surface area contributed by atoms with Crippen molar-refractivity contribution in [2.75, 3.05) is 27.2 Å². The summed E-state index contributed by atoms with van der Waals surface area (Å²) in [4.78, 5) is 2.23. The lowest BCUT2D eigenvalue weighted by atomic mass is 9.74. The van der Waals surface area contributed by atoms with E-state index >= 15 is 0 Å². The van der Waals surface area contributed by atoms with Crippen LogP contribution in [0.5, 0.6) is 0 Å². The molecule has 1 fully saturated rings. The summed E-state index contributed by atoms with van der Waals surface area (Å²) in [5.41, 5.74) is 3.00. The highest BCUT2D eigenvalue weighted by Gasteiger charge is 2.30. The van der Waals surface area contributed by atoms with Gasteiger partial charge < -0.3 is 10.2 Å². The third-order valence-electron chi connectivity index (χ3n) is 3.76. The Morgan fingerprint density at radius 1 is 1.24 bits per heavy atom. The zero-order valence-corrected chi connectivity index (χ0v) is 11.2. The molecule has 0 bridgehead atoms. The third-order valence-corrected chi connectivity index (χ3v) is 3.76. The number of rotatable bonds is 5. The highest BCUT2D eigenvalue weighted by Crippen LogP contribution is 2.38. The summed E-state index contributed by atoms with van der Waals surface area (Å²) >= 11 is 0. The van der Waals surface area contributed by atoms with Crippen LogP contribution < -0.4 is 5.32 Å². The average molecular weight is 232 g/mol. The van der Waals surface area contributed by atoms with E-state index in [9.17, 15) is 0 Å². The Hall–Kier alpha value is -0.860. The minimum atomic E-state index is 0.736. The van der Waals surface area contributed by atoms with E-state index in [1.807, 2.05) is 0 Å². The molecule has 0 aromatic heterocycles. The smallest absolute Gasteiger partial charge is 0.0101 e. The Balaban J connectivity index is 1.74. The molecule has 1 aliphatic carbocycles. The molecule has 94 valence electrons. The van der Waals surface area contributed by atoms with Gasteiger partial charge in [-0.05, 0) is 50.9 Å². The molecular weight excluding hydrogens is 208 g/mol. The van der Waals surface area contributed by atoms with Crippen molar-refractivity contribution in [3.63, 3.8) is 0 Å². The first-order chi connectivity index (χ1) is 8.16. The van der Waals surface area contributed by atoms with Gasteiger partial charge in [0.1, 0.15) is 0 Å². The van der Waals surface area contributed by atoms with Gasteiger partial charge in [-0.2, -0.15) is 0 Å². The van der Waals surface area contributed by atoms with Crippen LogP contribution in [0.1, 0.15) is 29.9 Å². The SMILES string of the molecule is Cc1ccccc1C1CC(NCCN(C)C)C1. The van der Waals surface area contributed by atoms with Crippen molar-refractivity contribution in [3.05, 3.63) is 35.4 Å². The molecule has 17 heavy (non-hydrogen) atoms. The van der Waals surface area contributed by atoms with Crippen LogP contribution in [0.3, 0.4) is 0 Å². The lowest BCUT2D eigenvalue weighted by Crippen LogP contribution is -2.42. The molecule has 2 heteroatoms. The molecule has 2 nitrogen and oxygen atoms in total. The lowest BCUT2D eigenvalue weighted by Gasteiger charge is -2.37. The van der Waals surface area contributed by atoms with Gasteiger partial charge in [-0.3, -0.25) is 0 Å². The van der Waals surface area contributed by atoms with Crippen molar-refractivity contribution in [1.29, 1.82) is 0 Å². The highest BCUT2D eigenvalue weighted by atomic mass is 15.1. The Bertz CT molecular complexity index is 354. The number of hydrogen-bond donors (Lipinski definition) is 1. The first-order valence-corrected chi connectivity index (χ1v) is 6.60. The molecule has 0 heterocycles. The second-order valence-electron chi connectivity index (χ2n) is 5.48. The van der Waals surface area contributed by atoms with Crippen molar-refractivity contribution < 1.29 is 0 Å². The summed E-state index contributed by atoms with van der Waals surface area (Å²) in [5.74, 6) is 0.785. The number of likely N-dealkylation sites (N-methyl/N-ethyl adjacent to an activating group) is 1. The molecule has 0 unspecified atom stereocenters. The Morgan fingerprint density at radius 2 is 1.94 bits per heavy atom. The molecule has 2 rings (SSSR count). The van der Waals surface area contributed by atoms with Crippen molar-refractivity contribution >= 4 is 0 Å². The van der Waals surface area contributed by atoms with Crippen LogP contribution in [-0.2, 0) is 0 Å². The van der Waals surface area contributed by atoms with Crippen molar-refractivity contribution in [1.82, 2.24) is 10.2 Å². The zero-order valence-electron chi connectivity index (χ0n) is 11.2. The number of benzene rings is 1. The second kappa shape index (κ2) is 5.65. The van der Waals surface area contributed by atoms with Gasteiger partial charge in [-0.25, -0.2) is 0 Å². The van der Waals surface area contributed by atoms with Crippen LogP contribution in [0.25, 0.3) is 0 Å². The molecule has 1 aromatic carbocycles.